The summed E-state index contributed by atoms with van der Waals surface area (Å²) >= 11 is 0. The van der Waals surface area contributed by atoms with E-state index < -0.39 is 11.5 Å². The number of fused-ring (bicyclic) bond motifs is 1. The van der Waals surface area contributed by atoms with Crippen molar-refractivity contribution in [2.24, 2.45) is 0 Å². The van der Waals surface area contributed by atoms with Crippen LogP contribution in [0.25, 0.3) is 11.0 Å². The normalized spacial score (nSPS) is 10.4. The number of carboxylic acids is 1. The first kappa shape index (κ1) is 9.19. The van der Waals surface area contributed by atoms with Gasteiger partial charge in [-0.1, -0.05) is 0 Å². The zero-order chi connectivity index (χ0) is 10.8. The number of rotatable bonds is 2. The highest BCUT2D eigenvalue weighted by Crippen LogP contribution is 2.05. The quantitative estimate of drug-likeness (QED) is 0.629. The first-order chi connectivity index (χ1) is 7.18. The lowest BCUT2D eigenvalue weighted by atomic mass is 10.2. The molecule has 0 aliphatic heterocycles. The van der Waals surface area contributed by atoms with Crippen LogP contribution in [0.5, 0.6) is 0 Å². The number of aromatic amines is 1. The van der Waals surface area contributed by atoms with E-state index in [0.717, 1.165) is 6.33 Å². The van der Waals surface area contributed by atoms with Gasteiger partial charge in [0.05, 0.1) is 6.42 Å². The van der Waals surface area contributed by atoms with Crippen molar-refractivity contribution in [1.82, 2.24) is 25.4 Å². The molecule has 0 radical (unpaired) electrons. The van der Waals surface area contributed by atoms with Crippen molar-refractivity contribution in [3.63, 3.8) is 0 Å². The maximum absolute atomic E-state index is 11.2. The molecule has 2 rings (SSSR count). The first-order valence-corrected chi connectivity index (χ1v) is 3.95. The molecule has 15 heavy (non-hydrogen) atoms. The van der Waals surface area contributed by atoms with Gasteiger partial charge in [-0.3, -0.25) is 9.59 Å². The van der Waals surface area contributed by atoms with Crippen molar-refractivity contribution in [3.05, 3.63) is 22.4 Å². The van der Waals surface area contributed by atoms with E-state index in [1.165, 1.54) is 0 Å². The lowest BCUT2D eigenvalue weighted by Crippen LogP contribution is -2.15. The Balaban J connectivity index is 2.71. The van der Waals surface area contributed by atoms with E-state index in [1.54, 1.807) is 0 Å². The molecule has 8 heteroatoms. The van der Waals surface area contributed by atoms with Crippen LogP contribution in [0.3, 0.4) is 0 Å². The minimum absolute atomic E-state index is 0.0382. The number of nitrogens with one attached hydrogen (secondary N) is 1. The van der Waals surface area contributed by atoms with E-state index in [9.17, 15) is 9.59 Å². The van der Waals surface area contributed by atoms with Gasteiger partial charge in [-0.15, -0.1) is 10.2 Å². The van der Waals surface area contributed by atoms with Crippen LogP contribution in [-0.2, 0) is 11.2 Å². The van der Waals surface area contributed by atoms with Crippen molar-refractivity contribution >= 4 is 17.0 Å². The molecule has 0 saturated heterocycles. The van der Waals surface area contributed by atoms with Gasteiger partial charge in [0, 0.05) is 0 Å². The molecule has 8 nitrogen and oxygen atoms in total. The van der Waals surface area contributed by atoms with Gasteiger partial charge in [0.1, 0.15) is 17.5 Å². The molecule has 2 N–H and O–H groups in total. The monoisotopic (exact) mass is 207 g/mol. The number of nitrogens with zero attached hydrogens (tertiary/aromatic N) is 4. The van der Waals surface area contributed by atoms with Gasteiger partial charge in [-0.05, 0) is 0 Å². The molecule has 0 aromatic carbocycles. The smallest absolute Gasteiger partial charge is 0.309 e. The van der Waals surface area contributed by atoms with Crippen LogP contribution in [0, 0.1) is 0 Å². The van der Waals surface area contributed by atoms with Crippen molar-refractivity contribution in [2.75, 3.05) is 0 Å². The summed E-state index contributed by atoms with van der Waals surface area (Å²) in [4.78, 5) is 25.4. The number of carboxylic acid groups (broad SMARTS) is 1. The van der Waals surface area contributed by atoms with Gasteiger partial charge in [-0.25, -0.2) is 10.1 Å². The Bertz CT molecular complexity index is 578. The Kier molecular flexibility index (Phi) is 2.08. The SMILES string of the molecule is O=C(O)Cc1n[nH]c(=O)c2ncnnc12. The fourth-order valence-corrected chi connectivity index (χ4v) is 1.13. The molecule has 0 amide bonds. The number of H-pyrrole nitrogens is 1. The third-order valence-electron chi connectivity index (χ3n) is 1.72. The molecule has 0 fully saturated rings. The van der Waals surface area contributed by atoms with E-state index >= 15 is 0 Å². The number of hydrogen-bond acceptors (Lipinski definition) is 6. The van der Waals surface area contributed by atoms with Crippen LogP contribution in [0.15, 0.2) is 11.1 Å². The summed E-state index contributed by atoms with van der Waals surface area (Å²) in [5.41, 5.74) is -0.230. The summed E-state index contributed by atoms with van der Waals surface area (Å²) in [5.74, 6) is -1.07. The first-order valence-electron chi connectivity index (χ1n) is 3.95. The Labute approximate surface area is 82.0 Å². The van der Waals surface area contributed by atoms with Gasteiger partial charge in [0.15, 0.2) is 5.52 Å². The van der Waals surface area contributed by atoms with Crippen LogP contribution in [0.4, 0.5) is 0 Å². The molecule has 0 spiro atoms. The van der Waals surface area contributed by atoms with Crippen molar-refractivity contribution in [1.29, 1.82) is 0 Å². The largest absolute Gasteiger partial charge is 0.481 e. The van der Waals surface area contributed by atoms with Gasteiger partial charge < -0.3 is 5.11 Å². The molecular formula is C7H5N5O3. The topological polar surface area (TPSA) is 122 Å². The number of aromatic nitrogens is 5. The molecule has 2 aromatic heterocycles. The number of hydrogen-bond donors (Lipinski definition) is 2. The van der Waals surface area contributed by atoms with E-state index in [1.807, 2.05) is 0 Å². The maximum atomic E-state index is 11.2. The highest BCUT2D eigenvalue weighted by atomic mass is 16.4. The average molecular weight is 207 g/mol. The second-order valence-electron chi connectivity index (χ2n) is 2.73. The Morgan fingerprint density at radius 3 is 3.00 bits per heavy atom. The summed E-state index contributed by atoms with van der Waals surface area (Å²) < 4.78 is 0. The van der Waals surface area contributed by atoms with Gasteiger partial charge in [0.2, 0.25) is 0 Å². The molecule has 0 aliphatic rings. The molecule has 2 heterocycles. The lowest BCUT2D eigenvalue weighted by Gasteiger charge is -1.98. The summed E-state index contributed by atoms with van der Waals surface area (Å²) in [6.07, 6.45) is 0.774. The third kappa shape index (κ3) is 1.64. The highest BCUT2D eigenvalue weighted by Gasteiger charge is 2.11. The Morgan fingerprint density at radius 2 is 2.27 bits per heavy atom. The molecule has 0 aliphatic carbocycles. The van der Waals surface area contributed by atoms with Crippen molar-refractivity contribution in [2.45, 2.75) is 6.42 Å². The molecule has 0 atom stereocenters. The van der Waals surface area contributed by atoms with Crippen LogP contribution in [0.2, 0.25) is 0 Å². The Hall–Kier alpha value is -2.38. The lowest BCUT2D eigenvalue weighted by molar-refractivity contribution is -0.136. The average Bonchev–Trinajstić information content (AvgIpc) is 2.22. The zero-order valence-corrected chi connectivity index (χ0v) is 7.34. The van der Waals surface area contributed by atoms with Crippen LogP contribution in [-0.4, -0.2) is 36.5 Å². The highest BCUT2D eigenvalue weighted by molar-refractivity contribution is 5.79. The predicted molar refractivity (Wildman–Crippen MR) is 47.1 cm³/mol. The van der Waals surface area contributed by atoms with E-state index in [0.29, 0.717) is 0 Å². The van der Waals surface area contributed by atoms with E-state index in [2.05, 4.69) is 25.4 Å². The molecule has 2 aromatic rings. The zero-order valence-electron chi connectivity index (χ0n) is 7.34. The standard InChI is InChI=1S/C7H5N5O3/c13-4(14)1-3-5-6(7(15)12-10-3)8-2-9-11-5/h2H,1H2,(H,12,15)(H,13,14). The number of aliphatic carboxylic acids is 1. The Morgan fingerprint density at radius 1 is 1.47 bits per heavy atom. The molecule has 0 unspecified atom stereocenters. The van der Waals surface area contributed by atoms with Crippen molar-refractivity contribution < 1.29 is 9.90 Å². The minimum atomic E-state index is -1.07. The molecule has 0 bridgehead atoms. The van der Waals surface area contributed by atoms with Gasteiger partial charge in [0.25, 0.3) is 5.56 Å². The maximum Gasteiger partial charge on any atom is 0.309 e. The van der Waals surface area contributed by atoms with Crippen LogP contribution in [0.1, 0.15) is 5.69 Å². The van der Waals surface area contributed by atoms with Crippen molar-refractivity contribution in [3.8, 4) is 0 Å². The third-order valence-corrected chi connectivity index (χ3v) is 1.72. The van der Waals surface area contributed by atoms with E-state index in [-0.39, 0.29) is 23.1 Å². The van der Waals surface area contributed by atoms with Crippen LogP contribution < -0.4 is 5.56 Å². The number of carbonyl (C=O) groups is 1. The minimum Gasteiger partial charge on any atom is -0.481 e. The summed E-state index contributed by atoms with van der Waals surface area (Å²) in [5, 5.41) is 21.4. The summed E-state index contributed by atoms with van der Waals surface area (Å²) in [7, 11) is 0. The second-order valence-corrected chi connectivity index (χ2v) is 2.73. The fourth-order valence-electron chi connectivity index (χ4n) is 1.13. The summed E-state index contributed by atoms with van der Waals surface area (Å²) in [6.45, 7) is 0. The molecule has 76 valence electrons. The van der Waals surface area contributed by atoms with Gasteiger partial charge >= 0.3 is 5.97 Å². The second kappa shape index (κ2) is 3.40. The molecule has 0 saturated carbocycles. The van der Waals surface area contributed by atoms with Gasteiger partial charge in [-0.2, -0.15) is 5.10 Å². The van der Waals surface area contributed by atoms with Crippen LogP contribution >= 0.6 is 0 Å². The predicted octanol–water partition coefficient (Wildman–Crippen LogP) is -1.26. The molecular weight excluding hydrogens is 202 g/mol. The van der Waals surface area contributed by atoms with E-state index in [4.69, 9.17) is 5.11 Å². The summed E-state index contributed by atoms with van der Waals surface area (Å²) in [6, 6.07) is 0. The fraction of sp³-hybridized carbons (Fsp3) is 0.143.